The largest absolute Gasteiger partial charge is 0.511 e. The lowest BCUT2D eigenvalue weighted by Gasteiger charge is -2.25. The van der Waals surface area contributed by atoms with E-state index in [4.69, 9.17) is 11.7 Å². The Morgan fingerprint density at radius 1 is 1.45 bits per heavy atom. The summed E-state index contributed by atoms with van der Waals surface area (Å²) < 4.78 is 0. The molecule has 0 saturated carbocycles. The zero-order chi connectivity index (χ0) is 16.5. The summed E-state index contributed by atoms with van der Waals surface area (Å²) in [4.78, 5) is 28.1. The Bertz CT molecular complexity index is 758. The smallest absolute Gasteiger partial charge is 0.317 e. The monoisotopic (exact) mass is 298 g/mol. The van der Waals surface area contributed by atoms with Gasteiger partial charge in [-0.15, -0.1) is 0 Å². The summed E-state index contributed by atoms with van der Waals surface area (Å²) in [7, 11) is 0. The molecular formula is C16H14N2O4. The highest BCUT2D eigenvalue weighted by molar-refractivity contribution is 6.28. The molecule has 0 bridgehead atoms. The van der Waals surface area contributed by atoms with Crippen LogP contribution in [0.2, 0.25) is 0 Å². The topological polar surface area (TPSA) is 91.0 Å². The second-order valence-electron chi connectivity index (χ2n) is 5.03. The predicted octanol–water partition coefficient (Wildman–Crippen LogP) is 1.86. The van der Waals surface area contributed by atoms with Gasteiger partial charge in [-0.1, -0.05) is 24.8 Å². The van der Waals surface area contributed by atoms with Crippen LogP contribution < -0.4 is 5.32 Å². The molecule has 3 N–H and O–H groups in total. The normalized spacial score (nSPS) is 20.1. The van der Waals surface area contributed by atoms with Gasteiger partial charge in [0.05, 0.1) is 12.1 Å². The fraction of sp³-hybridized carbons (Fsp3) is 0.188. The van der Waals surface area contributed by atoms with Gasteiger partial charge >= 0.3 is 5.54 Å². The van der Waals surface area contributed by atoms with E-state index in [2.05, 4.69) is 16.7 Å². The molecule has 0 unspecified atom stereocenters. The van der Waals surface area contributed by atoms with Crippen molar-refractivity contribution in [2.24, 2.45) is 0 Å². The maximum atomic E-state index is 12.6. The van der Waals surface area contributed by atoms with E-state index in [1.807, 2.05) is 0 Å². The van der Waals surface area contributed by atoms with Crippen LogP contribution in [0.1, 0.15) is 18.1 Å². The minimum Gasteiger partial charge on any atom is -0.511 e. The second kappa shape index (κ2) is 5.37. The summed E-state index contributed by atoms with van der Waals surface area (Å²) in [6.07, 6.45) is 0. The highest BCUT2D eigenvalue weighted by Crippen LogP contribution is 2.40. The Labute approximate surface area is 127 Å². The average molecular weight is 298 g/mol. The number of aliphatic hydroxyl groups is 2. The molecule has 112 valence electrons. The first-order valence-corrected chi connectivity index (χ1v) is 6.44. The highest BCUT2D eigenvalue weighted by atomic mass is 16.3. The first-order chi connectivity index (χ1) is 10.3. The molecule has 1 aliphatic carbocycles. The van der Waals surface area contributed by atoms with Crippen molar-refractivity contribution >= 4 is 17.4 Å². The Morgan fingerprint density at radius 3 is 2.68 bits per heavy atom. The van der Waals surface area contributed by atoms with E-state index < -0.39 is 28.6 Å². The van der Waals surface area contributed by atoms with Gasteiger partial charge in [0.2, 0.25) is 0 Å². The van der Waals surface area contributed by atoms with Crippen molar-refractivity contribution in [2.75, 3.05) is 6.54 Å². The second-order valence-corrected chi connectivity index (χ2v) is 5.03. The molecule has 0 aliphatic heterocycles. The number of nitrogens with one attached hydrogen (secondary N) is 1. The third-order valence-corrected chi connectivity index (χ3v) is 3.52. The van der Waals surface area contributed by atoms with Gasteiger partial charge < -0.3 is 15.5 Å². The number of carbonyl (C=O) groups excluding carboxylic acids is 2. The lowest BCUT2D eigenvalue weighted by atomic mass is 9.76. The first kappa shape index (κ1) is 15.3. The van der Waals surface area contributed by atoms with Gasteiger partial charge in [0.25, 0.3) is 11.7 Å². The van der Waals surface area contributed by atoms with Crippen LogP contribution >= 0.6 is 0 Å². The van der Waals surface area contributed by atoms with Crippen LogP contribution in [0.5, 0.6) is 0 Å². The molecule has 0 radical (unpaired) electrons. The maximum absolute atomic E-state index is 12.6. The molecule has 0 fully saturated rings. The van der Waals surface area contributed by atoms with Crippen molar-refractivity contribution in [1.82, 2.24) is 5.32 Å². The summed E-state index contributed by atoms with van der Waals surface area (Å²) >= 11 is 0. The van der Waals surface area contributed by atoms with Crippen LogP contribution in [0.25, 0.3) is 10.6 Å². The zero-order valence-electron chi connectivity index (χ0n) is 11.9. The molecule has 1 aromatic rings. The van der Waals surface area contributed by atoms with Crippen molar-refractivity contribution in [1.29, 1.82) is 0 Å². The SMILES string of the molecule is [C-]#[N+][C@]1(C)C(=O)C(C(=O)NCC(=C)O)=C(O)c2ccccc21. The summed E-state index contributed by atoms with van der Waals surface area (Å²) in [6, 6.07) is 6.41. The first-order valence-electron chi connectivity index (χ1n) is 6.44. The number of carbonyl (C=O) groups is 2. The van der Waals surface area contributed by atoms with Gasteiger partial charge in [-0.05, 0) is 6.07 Å². The van der Waals surface area contributed by atoms with Gasteiger partial charge in [-0.3, -0.25) is 14.4 Å². The van der Waals surface area contributed by atoms with E-state index in [9.17, 15) is 14.7 Å². The molecule has 0 saturated heterocycles. The van der Waals surface area contributed by atoms with Gasteiger partial charge in [0.1, 0.15) is 17.1 Å². The molecule has 1 aliphatic rings. The fourth-order valence-corrected chi connectivity index (χ4v) is 2.31. The molecule has 1 amide bonds. The summed E-state index contributed by atoms with van der Waals surface area (Å²) in [6.45, 7) is 11.7. The van der Waals surface area contributed by atoms with E-state index >= 15 is 0 Å². The van der Waals surface area contributed by atoms with Crippen molar-refractivity contribution in [3.05, 3.63) is 64.7 Å². The minimum absolute atomic E-state index is 0.251. The van der Waals surface area contributed by atoms with Gasteiger partial charge in [-0.25, -0.2) is 6.57 Å². The van der Waals surface area contributed by atoms with Crippen molar-refractivity contribution in [3.8, 4) is 0 Å². The molecule has 0 aromatic heterocycles. The highest BCUT2D eigenvalue weighted by Gasteiger charge is 2.52. The third-order valence-electron chi connectivity index (χ3n) is 3.52. The zero-order valence-corrected chi connectivity index (χ0v) is 11.9. The molecule has 2 rings (SSSR count). The lowest BCUT2D eigenvalue weighted by Crippen LogP contribution is -2.41. The molecule has 6 heteroatoms. The number of amides is 1. The van der Waals surface area contributed by atoms with Crippen molar-refractivity contribution < 1.29 is 19.8 Å². The predicted molar refractivity (Wildman–Crippen MR) is 79.7 cm³/mol. The summed E-state index contributed by atoms with van der Waals surface area (Å²) in [5, 5.41) is 21.6. The molecular weight excluding hydrogens is 284 g/mol. The molecule has 6 nitrogen and oxygen atoms in total. The van der Waals surface area contributed by atoms with Gasteiger partial charge in [-0.2, -0.15) is 0 Å². The summed E-state index contributed by atoms with van der Waals surface area (Å²) in [5.74, 6) is -2.39. The standard InChI is InChI=1S/C16H14N2O4/c1-9(19)8-18-15(22)12-13(20)10-6-4-5-7-11(10)16(2,17-3)14(12)21/h4-7,19-20H,1,8H2,2H3,(H,18,22)/t16-/m0/s1. The fourth-order valence-electron chi connectivity index (χ4n) is 2.31. The Balaban J connectivity index is 2.59. The van der Waals surface area contributed by atoms with Crippen LogP contribution in [0.4, 0.5) is 0 Å². The van der Waals surface area contributed by atoms with Crippen molar-refractivity contribution in [3.63, 3.8) is 0 Å². The molecule has 1 aromatic carbocycles. The lowest BCUT2D eigenvalue weighted by molar-refractivity contribution is -0.124. The molecule has 0 heterocycles. The third kappa shape index (κ3) is 2.23. The average Bonchev–Trinajstić information content (AvgIpc) is 2.51. The van der Waals surface area contributed by atoms with E-state index in [-0.39, 0.29) is 17.9 Å². The number of ketones is 1. The van der Waals surface area contributed by atoms with Crippen LogP contribution in [0.15, 0.2) is 42.2 Å². The van der Waals surface area contributed by atoms with Gasteiger partial charge in [0.15, 0.2) is 0 Å². The summed E-state index contributed by atoms with van der Waals surface area (Å²) in [5.41, 5.74) is -1.44. The Morgan fingerprint density at radius 2 is 2.09 bits per heavy atom. The molecule has 0 spiro atoms. The van der Waals surface area contributed by atoms with Crippen LogP contribution in [0, 0.1) is 6.57 Å². The van der Waals surface area contributed by atoms with Crippen LogP contribution in [0.3, 0.4) is 0 Å². The number of fused-ring (bicyclic) bond motifs is 1. The molecule has 22 heavy (non-hydrogen) atoms. The maximum Gasteiger partial charge on any atom is 0.317 e. The van der Waals surface area contributed by atoms with Crippen LogP contribution in [-0.4, -0.2) is 28.4 Å². The van der Waals surface area contributed by atoms with E-state index in [1.165, 1.54) is 6.92 Å². The number of hydrogen-bond donors (Lipinski definition) is 3. The Kier molecular flexibility index (Phi) is 3.74. The van der Waals surface area contributed by atoms with E-state index in [0.29, 0.717) is 5.56 Å². The Hall–Kier alpha value is -3.07. The molecule has 1 atom stereocenters. The van der Waals surface area contributed by atoms with E-state index in [1.54, 1.807) is 24.3 Å². The number of aliphatic hydroxyl groups excluding tert-OH is 2. The number of Topliss-reactive ketones (excluding diaryl/α,β-unsaturated/α-hetero) is 1. The van der Waals surface area contributed by atoms with E-state index in [0.717, 1.165) is 0 Å². The quantitative estimate of drug-likeness (QED) is 0.451. The number of hydrogen-bond acceptors (Lipinski definition) is 4. The number of benzene rings is 1. The number of nitrogens with zero attached hydrogens (tertiary/aromatic N) is 1. The van der Waals surface area contributed by atoms with Gasteiger partial charge in [0, 0.05) is 12.5 Å². The van der Waals surface area contributed by atoms with Crippen molar-refractivity contribution in [2.45, 2.75) is 12.5 Å². The van der Waals surface area contributed by atoms with Crippen LogP contribution in [-0.2, 0) is 15.1 Å². The number of rotatable bonds is 3. The minimum atomic E-state index is -1.58.